The van der Waals surface area contributed by atoms with Gasteiger partial charge in [0.25, 0.3) is 0 Å². The molecule has 0 radical (unpaired) electrons. The second-order valence-corrected chi connectivity index (χ2v) is 8.55. The third-order valence-corrected chi connectivity index (χ3v) is 5.81. The molecule has 1 aliphatic heterocycles. The number of nitrogen functional groups attached to an aromatic ring is 1. The van der Waals surface area contributed by atoms with E-state index < -0.39 is 10.0 Å². The third-order valence-electron chi connectivity index (χ3n) is 4.54. The van der Waals surface area contributed by atoms with E-state index in [1.807, 2.05) is 6.07 Å². The molecule has 0 amide bonds. The maximum atomic E-state index is 11.7. The lowest BCUT2D eigenvalue weighted by molar-refractivity contribution is 0.328. The first-order chi connectivity index (χ1) is 12.9. The van der Waals surface area contributed by atoms with Gasteiger partial charge in [0.2, 0.25) is 16.0 Å². The van der Waals surface area contributed by atoms with Crippen molar-refractivity contribution in [1.82, 2.24) is 29.2 Å². The summed E-state index contributed by atoms with van der Waals surface area (Å²) in [6.07, 6.45) is 7.83. The molecule has 3 aromatic rings. The van der Waals surface area contributed by atoms with Crippen molar-refractivity contribution in [3.63, 3.8) is 0 Å². The lowest BCUT2D eigenvalue weighted by atomic mass is 10.1. The van der Waals surface area contributed by atoms with Crippen molar-refractivity contribution >= 4 is 33.0 Å². The molecule has 0 aliphatic carbocycles. The Morgan fingerprint density at radius 3 is 2.93 bits per heavy atom. The van der Waals surface area contributed by atoms with Crippen LogP contribution in [-0.2, 0) is 10.0 Å². The number of piperidine rings is 1. The molecule has 1 fully saturated rings. The molecule has 27 heavy (non-hydrogen) atoms. The predicted octanol–water partition coefficient (Wildman–Crippen LogP) is 0.833. The van der Waals surface area contributed by atoms with Crippen LogP contribution in [0.1, 0.15) is 12.8 Å². The zero-order chi connectivity index (χ0) is 19.0. The molecule has 4 heterocycles. The number of fused-ring (bicyclic) bond motifs is 1. The SMILES string of the molecule is CS(=O)(=O)N1CCCC(Nc2ncc(-c3cnc4[nH]ccc4n3)c(N)n2)C1. The fourth-order valence-corrected chi connectivity index (χ4v) is 4.08. The number of sulfonamides is 1. The Morgan fingerprint density at radius 2 is 2.15 bits per heavy atom. The Hall–Kier alpha value is -2.79. The first-order valence-corrected chi connectivity index (χ1v) is 10.4. The molecule has 3 aromatic heterocycles. The van der Waals surface area contributed by atoms with Gasteiger partial charge in [0, 0.05) is 31.5 Å². The molecule has 4 rings (SSSR count). The van der Waals surface area contributed by atoms with Crippen LogP contribution in [0.15, 0.2) is 24.7 Å². The van der Waals surface area contributed by atoms with Crippen LogP contribution < -0.4 is 11.1 Å². The minimum atomic E-state index is -3.21. The minimum Gasteiger partial charge on any atom is -0.383 e. The molecule has 0 spiro atoms. The second-order valence-electron chi connectivity index (χ2n) is 6.56. The van der Waals surface area contributed by atoms with Crippen molar-refractivity contribution in [2.24, 2.45) is 0 Å². The van der Waals surface area contributed by atoms with Gasteiger partial charge < -0.3 is 16.0 Å². The van der Waals surface area contributed by atoms with E-state index >= 15 is 0 Å². The van der Waals surface area contributed by atoms with Crippen molar-refractivity contribution in [2.75, 3.05) is 30.4 Å². The highest BCUT2D eigenvalue weighted by molar-refractivity contribution is 7.88. The summed E-state index contributed by atoms with van der Waals surface area (Å²) in [6, 6.07) is 1.77. The number of hydrogen-bond donors (Lipinski definition) is 3. The van der Waals surface area contributed by atoms with E-state index in [4.69, 9.17) is 5.73 Å². The normalized spacial score (nSPS) is 18.6. The highest BCUT2D eigenvalue weighted by atomic mass is 32.2. The molecule has 0 bridgehead atoms. The molecule has 0 aromatic carbocycles. The summed E-state index contributed by atoms with van der Waals surface area (Å²) in [4.78, 5) is 20.4. The summed E-state index contributed by atoms with van der Waals surface area (Å²) in [5.41, 5.74) is 8.72. The Kier molecular flexibility index (Phi) is 4.40. The molecular weight excluding hydrogens is 368 g/mol. The smallest absolute Gasteiger partial charge is 0.224 e. The average molecular weight is 388 g/mol. The molecule has 0 saturated carbocycles. The summed E-state index contributed by atoms with van der Waals surface area (Å²) in [6.45, 7) is 0.929. The quantitative estimate of drug-likeness (QED) is 0.596. The fourth-order valence-electron chi connectivity index (χ4n) is 3.17. The predicted molar refractivity (Wildman–Crippen MR) is 102 cm³/mol. The first-order valence-electron chi connectivity index (χ1n) is 8.55. The molecule has 1 unspecified atom stereocenters. The first kappa shape index (κ1) is 17.6. The number of rotatable bonds is 4. The number of nitrogens with zero attached hydrogens (tertiary/aromatic N) is 5. The van der Waals surface area contributed by atoms with Crippen molar-refractivity contribution in [1.29, 1.82) is 0 Å². The minimum absolute atomic E-state index is 0.0604. The molecule has 10 nitrogen and oxygen atoms in total. The van der Waals surface area contributed by atoms with Gasteiger partial charge in [0.1, 0.15) is 11.3 Å². The molecule has 1 saturated heterocycles. The number of aromatic amines is 1. The summed E-state index contributed by atoms with van der Waals surface area (Å²) in [5, 5.41) is 3.18. The van der Waals surface area contributed by atoms with Crippen LogP contribution in [0.4, 0.5) is 11.8 Å². The standard InChI is InChI=1S/C16H20N8O2S/c1-27(25,26)24-6-2-3-10(9-24)21-16-20-7-11(14(17)23-16)13-8-19-15-12(22-13)4-5-18-15/h4-5,7-8,10H,2-3,6,9H2,1H3,(H,18,19)(H3,17,20,21,23). The van der Waals surface area contributed by atoms with Crippen LogP contribution >= 0.6 is 0 Å². The van der Waals surface area contributed by atoms with Gasteiger partial charge in [0.05, 0.1) is 23.7 Å². The van der Waals surface area contributed by atoms with E-state index in [9.17, 15) is 8.42 Å². The average Bonchev–Trinajstić information content (AvgIpc) is 3.09. The van der Waals surface area contributed by atoms with Crippen LogP contribution in [0.25, 0.3) is 22.4 Å². The van der Waals surface area contributed by atoms with Gasteiger partial charge in [-0.25, -0.2) is 27.7 Å². The van der Waals surface area contributed by atoms with Gasteiger partial charge in [-0.2, -0.15) is 4.98 Å². The van der Waals surface area contributed by atoms with Crippen LogP contribution in [0, 0.1) is 0 Å². The van der Waals surface area contributed by atoms with Crippen molar-refractivity contribution in [2.45, 2.75) is 18.9 Å². The van der Waals surface area contributed by atoms with Crippen molar-refractivity contribution in [3.05, 3.63) is 24.7 Å². The molecule has 142 valence electrons. The monoisotopic (exact) mass is 388 g/mol. The Bertz CT molecular complexity index is 1080. The Balaban J connectivity index is 1.53. The zero-order valence-electron chi connectivity index (χ0n) is 14.8. The van der Waals surface area contributed by atoms with Crippen LogP contribution in [0.2, 0.25) is 0 Å². The van der Waals surface area contributed by atoms with Gasteiger partial charge in [0.15, 0.2) is 5.65 Å². The number of anilines is 2. The van der Waals surface area contributed by atoms with Gasteiger partial charge in [-0.3, -0.25) is 0 Å². The molecule has 1 aliphatic rings. The fraction of sp³-hybridized carbons (Fsp3) is 0.375. The van der Waals surface area contributed by atoms with E-state index in [1.165, 1.54) is 10.6 Å². The highest BCUT2D eigenvalue weighted by Crippen LogP contribution is 2.24. The summed E-state index contributed by atoms with van der Waals surface area (Å²) in [7, 11) is -3.21. The second kappa shape index (κ2) is 6.74. The topological polar surface area (TPSA) is 143 Å². The van der Waals surface area contributed by atoms with Gasteiger partial charge in [-0.15, -0.1) is 0 Å². The number of hydrogen-bond acceptors (Lipinski definition) is 8. The van der Waals surface area contributed by atoms with E-state index in [-0.39, 0.29) is 11.9 Å². The van der Waals surface area contributed by atoms with Crippen LogP contribution in [-0.4, -0.2) is 63.0 Å². The highest BCUT2D eigenvalue weighted by Gasteiger charge is 2.26. The maximum Gasteiger partial charge on any atom is 0.224 e. The number of H-pyrrole nitrogens is 1. The number of nitrogens with one attached hydrogen (secondary N) is 2. The molecular formula is C16H20N8O2S. The van der Waals surface area contributed by atoms with Crippen LogP contribution in [0.3, 0.4) is 0 Å². The Morgan fingerprint density at radius 1 is 1.30 bits per heavy atom. The molecule has 1 atom stereocenters. The van der Waals surface area contributed by atoms with Crippen molar-refractivity contribution in [3.8, 4) is 11.3 Å². The summed E-state index contributed by atoms with van der Waals surface area (Å²) < 4.78 is 25.0. The third kappa shape index (κ3) is 3.69. The van der Waals surface area contributed by atoms with Crippen LogP contribution in [0.5, 0.6) is 0 Å². The van der Waals surface area contributed by atoms with E-state index in [2.05, 4.69) is 30.2 Å². The number of nitrogens with two attached hydrogens (primary N) is 1. The summed E-state index contributed by atoms with van der Waals surface area (Å²) in [5.74, 6) is 0.653. The summed E-state index contributed by atoms with van der Waals surface area (Å²) >= 11 is 0. The van der Waals surface area contributed by atoms with Crippen molar-refractivity contribution < 1.29 is 8.42 Å². The molecule has 11 heteroatoms. The lowest BCUT2D eigenvalue weighted by Crippen LogP contribution is -2.44. The molecule has 4 N–H and O–H groups in total. The van der Waals surface area contributed by atoms with E-state index in [1.54, 1.807) is 18.6 Å². The van der Waals surface area contributed by atoms with Gasteiger partial charge in [-0.05, 0) is 18.9 Å². The lowest BCUT2D eigenvalue weighted by Gasteiger charge is -2.31. The number of aromatic nitrogens is 5. The van der Waals surface area contributed by atoms with Gasteiger partial charge >= 0.3 is 0 Å². The Labute approximate surface area is 156 Å². The largest absolute Gasteiger partial charge is 0.383 e. The van der Waals surface area contributed by atoms with E-state index in [0.717, 1.165) is 18.4 Å². The van der Waals surface area contributed by atoms with Gasteiger partial charge in [-0.1, -0.05) is 0 Å². The van der Waals surface area contributed by atoms with E-state index in [0.29, 0.717) is 35.9 Å². The maximum absolute atomic E-state index is 11.7. The zero-order valence-corrected chi connectivity index (χ0v) is 15.6.